The number of ether oxygens (including phenoxy) is 1. The SMILES string of the molecule is CC1=C(C(=O)OC(C)C)C(c2ncc[nH]2)n2c(nc3ccccc32)N1. The Morgan fingerprint density at radius 2 is 2.12 bits per heavy atom. The van der Waals surface area contributed by atoms with Gasteiger partial charge in [0.2, 0.25) is 5.95 Å². The molecule has 0 spiro atoms. The molecule has 7 nitrogen and oxygen atoms in total. The summed E-state index contributed by atoms with van der Waals surface area (Å²) in [5.41, 5.74) is 3.02. The van der Waals surface area contributed by atoms with E-state index in [4.69, 9.17) is 4.74 Å². The second-order valence-corrected chi connectivity index (χ2v) is 6.29. The van der Waals surface area contributed by atoms with E-state index in [1.165, 1.54) is 0 Å². The monoisotopic (exact) mass is 337 g/mol. The first-order valence-corrected chi connectivity index (χ1v) is 8.21. The van der Waals surface area contributed by atoms with Crippen LogP contribution in [0.1, 0.15) is 32.6 Å². The fourth-order valence-corrected chi connectivity index (χ4v) is 3.19. The van der Waals surface area contributed by atoms with Crippen molar-refractivity contribution in [1.29, 1.82) is 0 Å². The van der Waals surface area contributed by atoms with Gasteiger partial charge in [0, 0.05) is 18.1 Å². The molecule has 3 aromatic rings. The van der Waals surface area contributed by atoms with E-state index in [9.17, 15) is 4.79 Å². The number of fused-ring (bicyclic) bond motifs is 3. The summed E-state index contributed by atoms with van der Waals surface area (Å²) in [6.07, 6.45) is 3.22. The lowest BCUT2D eigenvalue weighted by Crippen LogP contribution is -2.30. The van der Waals surface area contributed by atoms with E-state index >= 15 is 0 Å². The minimum Gasteiger partial charge on any atom is -0.459 e. The standard InChI is InChI=1S/C18H19N5O2/c1-10(2)25-17(24)14-11(3)21-18-22-12-6-4-5-7-13(12)23(18)15(14)16-19-8-9-20-16/h4-10,15H,1-3H3,(H,19,20)(H,21,22). The van der Waals surface area contributed by atoms with Crippen LogP contribution in [0, 0.1) is 0 Å². The molecule has 0 saturated heterocycles. The lowest BCUT2D eigenvalue weighted by molar-refractivity contribution is -0.143. The first-order valence-electron chi connectivity index (χ1n) is 8.21. The summed E-state index contributed by atoms with van der Waals surface area (Å²) in [6.45, 7) is 5.53. The molecule has 1 aliphatic heterocycles. The molecule has 4 rings (SSSR count). The van der Waals surface area contributed by atoms with E-state index in [1.54, 1.807) is 12.4 Å². The maximum atomic E-state index is 12.8. The molecule has 2 aromatic heterocycles. The predicted molar refractivity (Wildman–Crippen MR) is 94.0 cm³/mol. The van der Waals surface area contributed by atoms with Gasteiger partial charge in [-0.1, -0.05) is 12.1 Å². The van der Waals surface area contributed by atoms with Gasteiger partial charge in [-0.15, -0.1) is 0 Å². The molecule has 25 heavy (non-hydrogen) atoms. The number of nitrogens with zero attached hydrogens (tertiary/aromatic N) is 3. The van der Waals surface area contributed by atoms with Crippen molar-refractivity contribution >= 4 is 23.0 Å². The third kappa shape index (κ3) is 2.48. The number of nitrogens with one attached hydrogen (secondary N) is 2. The zero-order valence-corrected chi connectivity index (χ0v) is 14.3. The Morgan fingerprint density at radius 1 is 1.32 bits per heavy atom. The van der Waals surface area contributed by atoms with E-state index in [0.29, 0.717) is 17.3 Å². The molecule has 1 aliphatic rings. The highest BCUT2D eigenvalue weighted by molar-refractivity contribution is 5.93. The number of aromatic nitrogens is 4. The van der Waals surface area contributed by atoms with Gasteiger partial charge in [0.25, 0.3) is 0 Å². The van der Waals surface area contributed by atoms with Gasteiger partial charge in [-0.05, 0) is 32.9 Å². The zero-order chi connectivity index (χ0) is 17.6. The van der Waals surface area contributed by atoms with Crippen LogP contribution in [-0.4, -0.2) is 31.6 Å². The van der Waals surface area contributed by atoms with Crippen LogP contribution in [0.4, 0.5) is 5.95 Å². The Labute approximate surface area is 144 Å². The molecule has 0 amide bonds. The average Bonchev–Trinajstić information content (AvgIpc) is 3.20. The van der Waals surface area contributed by atoms with Gasteiger partial charge in [0.1, 0.15) is 11.9 Å². The molecule has 0 bridgehead atoms. The number of allylic oxidation sites excluding steroid dienone is 1. The molecule has 1 atom stereocenters. The van der Waals surface area contributed by atoms with Gasteiger partial charge in [0.15, 0.2) is 0 Å². The summed E-state index contributed by atoms with van der Waals surface area (Å²) < 4.78 is 7.46. The predicted octanol–water partition coefficient (Wildman–Crippen LogP) is 3.00. The van der Waals surface area contributed by atoms with E-state index in [1.807, 2.05) is 49.6 Å². The Balaban J connectivity index is 1.94. The largest absolute Gasteiger partial charge is 0.459 e. The maximum absolute atomic E-state index is 12.8. The summed E-state index contributed by atoms with van der Waals surface area (Å²) in [7, 11) is 0. The first-order chi connectivity index (χ1) is 12.1. The number of aromatic amines is 1. The average molecular weight is 337 g/mol. The summed E-state index contributed by atoms with van der Waals surface area (Å²) in [6, 6.07) is 7.40. The van der Waals surface area contributed by atoms with Crippen LogP contribution in [-0.2, 0) is 9.53 Å². The van der Waals surface area contributed by atoms with Gasteiger partial charge in [-0.25, -0.2) is 14.8 Å². The lowest BCUT2D eigenvalue weighted by atomic mass is 10.0. The van der Waals surface area contributed by atoms with Crippen LogP contribution in [0.15, 0.2) is 47.9 Å². The van der Waals surface area contributed by atoms with Gasteiger partial charge in [-0.3, -0.25) is 4.57 Å². The number of hydrogen-bond acceptors (Lipinski definition) is 5. The van der Waals surface area contributed by atoms with Crippen molar-refractivity contribution in [2.45, 2.75) is 32.9 Å². The third-order valence-electron chi connectivity index (χ3n) is 4.17. The molecule has 0 fully saturated rings. The zero-order valence-electron chi connectivity index (χ0n) is 14.3. The second-order valence-electron chi connectivity index (χ2n) is 6.29. The lowest BCUT2D eigenvalue weighted by Gasteiger charge is -2.29. The summed E-state index contributed by atoms with van der Waals surface area (Å²) in [5.74, 6) is 0.993. The van der Waals surface area contributed by atoms with Crippen LogP contribution >= 0.6 is 0 Å². The maximum Gasteiger partial charge on any atom is 0.338 e. The van der Waals surface area contributed by atoms with E-state index in [0.717, 1.165) is 16.7 Å². The van der Waals surface area contributed by atoms with Crippen molar-refractivity contribution in [1.82, 2.24) is 19.5 Å². The Kier molecular flexibility index (Phi) is 3.56. The van der Waals surface area contributed by atoms with E-state index in [-0.39, 0.29) is 12.1 Å². The van der Waals surface area contributed by atoms with Gasteiger partial charge >= 0.3 is 5.97 Å². The third-order valence-corrected chi connectivity index (χ3v) is 4.17. The molecule has 0 aliphatic carbocycles. The number of anilines is 1. The number of rotatable bonds is 3. The minimum absolute atomic E-state index is 0.203. The molecule has 3 heterocycles. The highest BCUT2D eigenvalue weighted by Crippen LogP contribution is 2.38. The molecule has 1 aromatic carbocycles. The molecule has 0 saturated carbocycles. The summed E-state index contributed by atoms with van der Waals surface area (Å²) in [4.78, 5) is 25.0. The molecule has 2 N–H and O–H groups in total. The first kappa shape index (κ1) is 15.4. The molecule has 0 radical (unpaired) electrons. The number of H-pyrrole nitrogens is 1. The van der Waals surface area contributed by atoms with Crippen molar-refractivity contribution in [3.05, 3.63) is 53.8 Å². The van der Waals surface area contributed by atoms with Crippen molar-refractivity contribution in [2.24, 2.45) is 0 Å². The quantitative estimate of drug-likeness (QED) is 0.718. The van der Waals surface area contributed by atoms with Gasteiger partial charge in [-0.2, -0.15) is 0 Å². The topological polar surface area (TPSA) is 84.8 Å². The number of benzene rings is 1. The van der Waals surface area contributed by atoms with Crippen molar-refractivity contribution < 1.29 is 9.53 Å². The van der Waals surface area contributed by atoms with Crippen molar-refractivity contribution in [3.63, 3.8) is 0 Å². The van der Waals surface area contributed by atoms with Gasteiger partial charge in [0.05, 0.1) is 22.7 Å². The Bertz CT molecular complexity index is 969. The number of imidazole rings is 2. The normalized spacial score (nSPS) is 16.9. The van der Waals surface area contributed by atoms with Crippen LogP contribution in [0.5, 0.6) is 0 Å². The van der Waals surface area contributed by atoms with Crippen LogP contribution in [0.25, 0.3) is 11.0 Å². The van der Waals surface area contributed by atoms with Crippen LogP contribution < -0.4 is 5.32 Å². The Hall–Kier alpha value is -3.09. The van der Waals surface area contributed by atoms with Gasteiger partial charge < -0.3 is 15.0 Å². The van der Waals surface area contributed by atoms with E-state index < -0.39 is 6.04 Å². The van der Waals surface area contributed by atoms with E-state index in [2.05, 4.69) is 20.3 Å². The minimum atomic E-state index is -0.426. The highest BCUT2D eigenvalue weighted by Gasteiger charge is 2.36. The highest BCUT2D eigenvalue weighted by atomic mass is 16.5. The Morgan fingerprint density at radius 3 is 2.84 bits per heavy atom. The number of carbonyl (C=O) groups is 1. The molecular weight excluding hydrogens is 318 g/mol. The fourth-order valence-electron chi connectivity index (χ4n) is 3.19. The summed E-state index contributed by atoms with van der Waals surface area (Å²) in [5, 5.41) is 3.23. The molecule has 1 unspecified atom stereocenters. The van der Waals surface area contributed by atoms with Crippen LogP contribution in [0.2, 0.25) is 0 Å². The molecular formula is C18H19N5O2. The number of hydrogen-bond donors (Lipinski definition) is 2. The molecule has 7 heteroatoms. The van der Waals surface area contributed by atoms with Crippen LogP contribution in [0.3, 0.4) is 0 Å². The number of esters is 1. The second kappa shape index (κ2) is 5.77. The van der Waals surface area contributed by atoms with Crippen molar-refractivity contribution in [3.8, 4) is 0 Å². The number of para-hydroxylation sites is 2. The smallest absolute Gasteiger partial charge is 0.338 e. The molecule has 128 valence electrons. The van der Waals surface area contributed by atoms with Crippen molar-refractivity contribution in [2.75, 3.05) is 5.32 Å². The fraction of sp³-hybridized carbons (Fsp3) is 0.278. The summed E-state index contributed by atoms with van der Waals surface area (Å²) >= 11 is 0. The number of carbonyl (C=O) groups excluding carboxylic acids is 1.